The monoisotopic (exact) mass is 291 g/mol. The minimum atomic E-state index is -3.17. The number of nitrogens with zero attached hydrogens (tertiary/aromatic N) is 2. The van der Waals surface area contributed by atoms with Gasteiger partial charge in [0.25, 0.3) is 0 Å². The highest BCUT2D eigenvalue weighted by Crippen LogP contribution is 2.10. The maximum absolute atomic E-state index is 12.2. The summed E-state index contributed by atoms with van der Waals surface area (Å²) in [6, 6.07) is -0.482. The van der Waals surface area contributed by atoms with Gasteiger partial charge in [0, 0.05) is 26.2 Å². The van der Waals surface area contributed by atoms with Crippen LogP contribution in [0.2, 0.25) is 0 Å². The number of carbonyl (C=O) groups excluding carboxylic acids is 1. The van der Waals surface area contributed by atoms with Gasteiger partial charge in [0.2, 0.25) is 15.9 Å². The maximum atomic E-state index is 12.2. The van der Waals surface area contributed by atoms with E-state index < -0.39 is 16.1 Å². The highest BCUT2D eigenvalue weighted by Gasteiger charge is 2.26. The summed E-state index contributed by atoms with van der Waals surface area (Å²) in [7, 11) is -3.17. The third kappa shape index (κ3) is 5.08. The van der Waals surface area contributed by atoms with Crippen molar-refractivity contribution < 1.29 is 13.2 Å². The van der Waals surface area contributed by atoms with Crippen molar-refractivity contribution in [2.24, 2.45) is 11.7 Å². The number of carbonyl (C=O) groups is 1. The van der Waals surface area contributed by atoms with Crippen molar-refractivity contribution in [3.05, 3.63) is 0 Å². The van der Waals surface area contributed by atoms with Crippen LogP contribution in [0.25, 0.3) is 0 Å². The minimum absolute atomic E-state index is 0.0657. The zero-order valence-electron chi connectivity index (χ0n) is 12.0. The van der Waals surface area contributed by atoms with Crippen molar-refractivity contribution in [1.82, 2.24) is 9.21 Å². The molecule has 1 heterocycles. The Morgan fingerprint density at radius 1 is 1.21 bits per heavy atom. The van der Waals surface area contributed by atoms with Gasteiger partial charge >= 0.3 is 0 Å². The van der Waals surface area contributed by atoms with Crippen LogP contribution < -0.4 is 5.73 Å². The van der Waals surface area contributed by atoms with Gasteiger partial charge in [0.15, 0.2) is 0 Å². The molecule has 1 amide bonds. The van der Waals surface area contributed by atoms with Gasteiger partial charge in [0.1, 0.15) is 0 Å². The second kappa shape index (κ2) is 6.67. The molecule has 19 heavy (non-hydrogen) atoms. The van der Waals surface area contributed by atoms with Gasteiger partial charge in [0.05, 0.1) is 12.3 Å². The highest BCUT2D eigenvalue weighted by molar-refractivity contribution is 7.88. The van der Waals surface area contributed by atoms with E-state index in [1.54, 1.807) is 4.90 Å². The Kier molecular flexibility index (Phi) is 5.76. The average molecular weight is 291 g/mol. The number of sulfonamides is 1. The van der Waals surface area contributed by atoms with Crippen molar-refractivity contribution in [3.8, 4) is 0 Å². The molecule has 1 rings (SSSR count). The normalized spacial score (nSPS) is 20.4. The zero-order valence-corrected chi connectivity index (χ0v) is 12.8. The maximum Gasteiger partial charge on any atom is 0.239 e. The van der Waals surface area contributed by atoms with Crippen molar-refractivity contribution >= 4 is 15.9 Å². The molecule has 1 aliphatic rings. The summed E-state index contributed by atoms with van der Waals surface area (Å²) in [4.78, 5) is 13.9. The summed E-state index contributed by atoms with van der Waals surface area (Å²) < 4.78 is 24.4. The van der Waals surface area contributed by atoms with E-state index in [-0.39, 0.29) is 5.91 Å². The van der Waals surface area contributed by atoms with E-state index in [1.807, 2.05) is 13.8 Å². The molecule has 1 aliphatic heterocycles. The van der Waals surface area contributed by atoms with Crippen LogP contribution in [-0.4, -0.2) is 62.0 Å². The largest absolute Gasteiger partial charge is 0.340 e. The Bertz CT molecular complexity index is 408. The van der Waals surface area contributed by atoms with Crippen molar-refractivity contribution in [3.63, 3.8) is 0 Å². The van der Waals surface area contributed by atoms with E-state index in [2.05, 4.69) is 0 Å². The van der Waals surface area contributed by atoms with Crippen LogP contribution in [0.5, 0.6) is 0 Å². The van der Waals surface area contributed by atoms with Gasteiger partial charge in [-0.2, -0.15) is 0 Å². The molecule has 1 fully saturated rings. The van der Waals surface area contributed by atoms with Crippen LogP contribution in [0, 0.1) is 5.92 Å². The van der Waals surface area contributed by atoms with Gasteiger partial charge in [-0.25, -0.2) is 12.7 Å². The van der Waals surface area contributed by atoms with Crippen molar-refractivity contribution in [2.45, 2.75) is 32.7 Å². The molecule has 0 aromatic rings. The fraction of sp³-hybridized carbons (Fsp3) is 0.917. The van der Waals surface area contributed by atoms with Crippen LogP contribution in [0.1, 0.15) is 26.7 Å². The highest BCUT2D eigenvalue weighted by atomic mass is 32.2. The third-order valence-electron chi connectivity index (χ3n) is 3.28. The Morgan fingerprint density at radius 3 is 2.37 bits per heavy atom. The van der Waals surface area contributed by atoms with E-state index in [1.165, 1.54) is 10.6 Å². The van der Waals surface area contributed by atoms with Gasteiger partial charge in [-0.15, -0.1) is 0 Å². The van der Waals surface area contributed by atoms with Gasteiger partial charge in [-0.05, 0) is 18.8 Å². The molecular formula is C12H25N3O3S. The van der Waals surface area contributed by atoms with Crippen LogP contribution in [0.15, 0.2) is 0 Å². The summed E-state index contributed by atoms with van der Waals surface area (Å²) >= 11 is 0. The Labute approximate surface area is 116 Å². The van der Waals surface area contributed by atoms with Crippen molar-refractivity contribution in [2.75, 3.05) is 32.4 Å². The predicted octanol–water partition coefficient (Wildman–Crippen LogP) is -0.146. The zero-order chi connectivity index (χ0) is 14.6. The fourth-order valence-corrected chi connectivity index (χ4v) is 3.16. The standard InChI is InChI=1S/C12H25N3O3S/c1-10(2)9-11(13)12(16)14-5-4-6-15(8-7-14)19(3,17)18/h10-11H,4-9,13H2,1-3H3/t11-/m0/s1. The second-order valence-corrected chi connectivity index (χ2v) is 7.56. The van der Waals surface area contributed by atoms with E-state index in [0.29, 0.717) is 44.9 Å². The molecule has 0 saturated carbocycles. The first-order valence-corrected chi connectivity index (χ1v) is 8.56. The predicted molar refractivity (Wildman–Crippen MR) is 75.0 cm³/mol. The number of nitrogens with two attached hydrogens (primary N) is 1. The van der Waals surface area contributed by atoms with Crippen LogP contribution in [-0.2, 0) is 14.8 Å². The first-order chi connectivity index (χ1) is 8.71. The summed E-state index contributed by atoms with van der Waals surface area (Å²) in [5, 5.41) is 0. The van der Waals surface area contributed by atoms with E-state index in [4.69, 9.17) is 5.73 Å². The molecular weight excluding hydrogens is 266 g/mol. The van der Waals surface area contributed by atoms with Crippen LogP contribution in [0.3, 0.4) is 0 Å². The van der Waals surface area contributed by atoms with E-state index >= 15 is 0 Å². The summed E-state index contributed by atoms with van der Waals surface area (Å²) in [5.41, 5.74) is 5.90. The second-order valence-electron chi connectivity index (χ2n) is 5.58. The molecule has 0 aromatic carbocycles. The van der Waals surface area contributed by atoms with Crippen LogP contribution >= 0.6 is 0 Å². The van der Waals surface area contributed by atoms with Crippen molar-refractivity contribution in [1.29, 1.82) is 0 Å². The molecule has 0 aromatic heterocycles. The van der Waals surface area contributed by atoms with Gasteiger partial charge in [-0.1, -0.05) is 13.8 Å². The fourth-order valence-electron chi connectivity index (χ4n) is 2.29. The lowest BCUT2D eigenvalue weighted by Crippen LogP contribution is -2.46. The Morgan fingerprint density at radius 2 is 1.84 bits per heavy atom. The Hall–Kier alpha value is -0.660. The third-order valence-corrected chi connectivity index (χ3v) is 4.58. The van der Waals surface area contributed by atoms with E-state index in [9.17, 15) is 13.2 Å². The molecule has 1 atom stereocenters. The summed E-state index contributed by atoms with van der Waals surface area (Å²) in [6.45, 7) is 5.90. The lowest BCUT2D eigenvalue weighted by atomic mass is 10.0. The Balaban J connectivity index is 2.60. The summed E-state index contributed by atoms with van der Waals surface area (Å²) in [5.74, 6) is 0.308. The lowest BCUT2D eigenvalue weighted by molar-refractivity contribution is -0.132. The first-order valence-electron chi connectivity index (χ1n) is 6.71. The van der Waals surface area contributed by atoms with Gasteiger partial charge in [-0.3, -0.25) is 4.79 Å². The van der Waals surface area contributed by atoms with Crippen LogP contribution in [0.4, 0.5) is 0 Å². The molecule has 0 radical (unpaired) electrons. The molecule has 6 nitrogen and oxygen atoms in total. The minimum Gasteiger partial charge on any atom is -0.340 e. The molecule has 7 heteroatoms. The summed E-state index contributed by atoms with van der Waals surface area (Å²) in [6.07, 6.45) is 2.52. The molecule has 0 aliphatic carbocycles. The van der Waals surface area contributed by atoms with Gasteiger partial charge < -0.3 is 10.6 Å². The number of hydrogen-bond donors (Lipinski definition) is 1. The molecule has 0 spiro atoms. The molecule has 112 valence electrons. The number of amides is 1. The average Bonchev–Trinajstić information content (AvgIpc) is 2.51. The smallest absolute Gasteiger partial charge is 0.239 e. The molecule has 2 N–H and O–H groups in total. The first kappa shape index (κ1) is 16.4. The molecule has 1 saturated heterocycles. The SMILES string of the molecule is CC(C)C[C@H](N)C(=O)N1CCCN(S(C)(=O)=O)CC1. The molecule has 0 bridgehead atoms. The molecule has 0 unspecified atom stereocenters. The van der Waals surface area contributed by atoms with E-state index in [0.717, 1.165) is 0 Å². The quantitative estimate of drug-likeness (QED) is 0.781. The number of hydrogen-bond acceptors (Lipinski definition) is 4. The topological polar surface area (TPSA) is 83.7 Å². The lowest BCUT2D eigenvalue weighted by Gasteiger charge is -2.25. The number of rotatable bonds is 4.